The third-order valence-corrected chi connectivity index (χ3v) is 4.49. The van der Waals surface area contributed by atoms with E-state index < -0.39 is 25.6 Å². The van der Waals surface area contributed by atoms with E-state index in [9.17, 15) is 17.2 Å². The highest BCUT2D eigenvalue weighted by atomic mass is 79.9. The van der Waals surface area contributed by atoms with Crippen LogP contribution in [0.3, 0.4) is 0 Å². The Balaban J connectivity index is 2.24. The topological polar surface area (TPSA) is 43.4 Å². The third-order valence-electron chi connectivity index (χ3n) is 2.53. The van der Waals surface area contributed by atoms with Gasteiger partial charge in [-0.25, -0.2) is 17.2 Å². The second kappa shape index (κ2) is 6.29. The number of halogens is 4. The van der Waals surface area contributed by atoms with Gasteiger partial charge in [-0.2, -0.15) is 0 Å². The Morgan fingerprint density at radius 3 is 2.52 bits per heavy atom. The molecule has 0 atom stereocenters. The van der Waals surface area contributed by atoms with Crippen LogP contribution in [0.4, 0.5) is 8.78 Å². The maximum atomic E-state index is 13.7. The van der Waals surface area contributed by atoms with Gasteiger partial charge < -0.3 is 4.74 Å². The lowest BCUT2D eigenvalue weighted by Gasteiger charge is -2.10. The molecule has 0 fully saturated rings. The lowest BCUT2D eigenvalue weighted by molar-refractivity contribution is 0.301. The summed E-state index contributed by atoms with van der Waals surface area (Å²) in [4.78, 5) is -0.644. The molecule has 0 aliphatic rings. The van der Waals surface area contributed by atoms with Gasteiger partial charge in [0.2, 0.25) is 0 Å². The average molecular weight is 398 g/mol. The summed E-state index contributed by atoms with van der Waals surface area (Å²) in [5.41, 5.74) is 0.552. The van der Waals surface area contributed by atoms with Gasteiger partial charge >= 0.3 is 0 Å². The van der Waals surface area contributed by atoms with E-state index in [1.54, 1.807) is 6.07 Å². The van der Waals surface area contributed by atoms with Crippen LogP contribution in [0.2, 0.25) is 0 Å². The maximum absolute atomic E-state index is 13.7. The van der Waals surface area contributed by atoms with Crippen molar-refractivity contribution < 1.29 is 21.9 Å². The molecular formula is C13H8BrClF2O3S. The molecular weight excluding hydrogens is 390 g/mol. The van der Waals surface area contributed by atoms with E-state index in [-0.39, 0.29) is 16.8 Å². The van der Waals surface area contributed by atoms with Gasteiger partial charge in [0, 0.05) is 16.7 Å². The zero-order valence-corrected chi connectivity index (χ0v) is 13.5. The summed E-state index contributed by atoms with van der Waals surface area (Å²) in [5.74, 6) is -1.35. The normalized spacial score (nSPS) is 11.4. The predicted octanol–water partition coefficient (Wildman–Crippen LogP) is 4.23. The molecule has 112 valence electrons. The zero-order valence-electron chi connectivity index (χ0n) is 10.3. The molecule has 0 amide bonds. The zero-order chi connectivity index (χ0) is 15.6. The fourth-order valence-electron chi connectivity index (χ4n) is 1.60. The first-order valence-corrected chi connectivity index (χ1v) is 8.68. The molecule has 0 saturated heterocycles. The van der Waals surface area contributed by atoms with Gasteiger partial charge in [0.15, 0.2) is 0 Å². The van der Waals surface area contributed by atoms with Crippen molar-refractivity contribution in [3.63, 3.8) is 0 Å². The van der Waals surface area contributed by atoms with Gasteiger partial charge in [-0.05, 0) is 39.7 Å². The fourth-order valence-corrected chi connectivity index (χ4v) is 3.11. The SMILES string of the molecule is O=S(=O)(Cl)c1cc(Br)c(OCc2cccc(F)c2)cc1F. The van der Waals surface area contributed by atoms with Crippen LogP contribution >= 0.6 is 26.6 Å². The highest BCUT2D eigenvalue weighted by Crippen LogP contribution is 2.32. The molecule has 0 aliphatic carbocycles. The van der Waals surface area contributed by atoms with Crippen LogP contribution in [0.25, 0.3) is 0 Å². The largest absolute Gasteiger partial charge is 0.488 e. The Morgan fingerprint density at radius 1 is 1.19 bits per heavy atom. The maximum Gasteiger partial charge on any atom is 0.264 e. The number of ether oxygens (including phenoxy) is 1. The number of hydrogen-bond donors (Lipinski definition) is 0. The van der Waals surface area contributed by atoms with Crippen LogP contribution in [0.1, 0.15) is 5.56 Å². The number of benzene rings is 2. The quantitative estimate of drug-likeness (QED) is 0.725. The van der Waals surface area contributed by atoms with Gasteiger partial charge in [-0.1, -0.05) is 12.1 Å². The molecule has 0 unspecified atom stereocenters. The predicted molar refractivity (Wildman–Crippen MR) is 77.9 cm³/mol. The minimum atomic E-state index is -4.18. The summed E-state index contributed by atoms with van der Waals surface area (Å²) in [7, 11) is 0.924. The van der Waals surface area contributed by atoms with E-state index in [1.807, 2.05) is 0 Å². The first-order valence-electron chi connectivity index (χ1n) is 5.58. The van der Waals surface area contributed by atoms with Crippen LogP contribution < -0.4 is 4.74 Å². The van der Waals surface area contributed by atoms with Crippen molar-refractivity contribution >= 4 is 35.7 Å². The molecule has 0 aliphatic heterocycles. The van der Waals surface area contributed by atoms with E-state index in [0.717, 1.165) is 12.1 Å². The van der Waals surface area contributed by atoms with Crippen molar-refractivity contribution in [2.75, 3.05) is 0 Å². The van der Waals surface area contributed by atoms with E-state index in [0.29, 0.717) is 5.56 Å². The molecule has 0 radical (unpaired) electrons. The second-order valence-corrected chi connectivity index (χ2v) is 7.46. The number of hydrogen-bond acceptors (Lipinski definition) is 3. The van der Waals surface area contributed by atoms with Crippen molar-refractivity contribution in [2.45, 2.75) is 11.5 Å². The van der Waals surface area contributed by atoms with Crippen LogP contribution in [0.5, 0.6) is 5.75 Å². The number of rotatable bonds is 4. The summed E-state index contributed by atoms with van der Waals surface area (Å²) < 4.78 is 54.6. The Labute approximate surface area is 133 Å². The standard InChI is InChI=1S/C13H8BrClF2O3S/c14-10-5-13(21(15,18)19)11(17)6-12(10)20-7-8-2-1-3-9(16)4-8/h1-6H,7H2. The van der Waals surface area contributed by atoms with Crippen LogP contribution in [-0.4, -0.2) is 8.42 Å². The minimum absolute atomic E-state index is 0.00275. The van der Waals surface area contributed by atoms with E-state index in [1.165, 1.54) is 18.2 Å². The van der Waals surface area contributed by atoms with E-state index >= 15 is 0 Å². The first-order chi connectivity index (χ1) is 9.77. The van der Waals surface area contributed by atoms with Crippen LogP contribution in [0.15, 0.2) is 45.8 Å². The third kappa shape index (κ3) is 4.15. The molecule has 2 aromatic carbocycles. The molecule has 8 heteroatoms. The Kier molecular flexibility index (Phi) is 4.85. The van der Waals surface area contributed by atoms with E-state index in [4.69, 9.17) is 15.4 Å². The first kappa shape index (κ1) is 16.2. The molecule has 2 aromatic rings. The Bertz CT molecular complexity index is 781. The van der Waals surface area contributed by atoms with Crippen molar-refractivity contribution in [1.29, 1.82) is 0 Å². The molecule has 2 rings (SSSR count). The monoisotopic (exact) mass is 396 g/mol. The molecule has 0 N–H and O–H groups in total. The minimum Gasteiger partial charge on any atom is -0.488 e. The van der Waals surface area contributed by atoms with Crippen molar-refractivity contribution in [3.8, 4) is 5.75 Å². The molecule has 0 bridgehead atoms. The van der Waals surface area contributed by atoms with Crippen molar-refractivity contribution in [2.24, 2.45) is 0 Å². The molecule has 0 aromatic heterocycles. The molecule has 3 nitrogen and oxygen atoms in total. The lowest BCUT2D eigenvalue weighted by atomic mass is 10.2. The van der Waals surface area contributed by atoms with Gasteiger partial charge in [0.25, 0.3) is 9.05 Å². The van der Waals surface area contributed by atoms with Crippen molar-refractivity contribution in [1.82, 2.24) is 0 Å². The highest BCUT2D eigenvalue weighted by Gasteiger charge is 2.19. The fraction of sp³-hybridized carbons (Fsp3) is 0.0769. The summed E-state index contributed by atoms with van der Waals surface area (Å²) in [6.07, 6.45) is 0. The van der Waals surface area contributed by atoms with Gasteiger partial charge in [0.05, 0.1) is 4.47 Å². The van der Waals surface area contributed by atoms with Crippen LogP contribution in [-0.2, 0) is 15.7 Å². The molecule has 0 heterocycles. The highest BCUT2D eigenvalue weighted by molar-refractivity contribution is 9.10. The second-order valence-electron chi connectivity index (χ2n) is 4.07. The van der Waals surface area contributed by atoms with Crippen LogP contribution in [0, 0.1) is 11.6 Å². The summed E-state index contributed by atoms with van der Waals surface area (Å²) in [6.45, 7) is 0.00275. The smallest absolute Gasteiger partial charge is 0.264 e. The van der Waals surface area contributed by atoms with Gasteiger partial charge in [-0.3, -0.25) is 0 Å². The summed E-state index contributed by atoms with van der Waals surface area (Å²) in [5, 5.41) is 0. The molecule has 21 heavy (non-hydrogen) atoms. The molecule has 0 saturated carbocycles. The average Bonchev–Trinajstić information content (AvgIpc) is 2.38. The lowest BCUT2D eigenvalue weighted by Crippen LogP contribution is -2.00. The Morgan fingerprint density at radius 2 is 1.90 bits per heavy atom. The molecule has 0 spiro atoms. The Hall–Kier alpha value is -1.18. The van der Waals surface area contributed by atoms with Gasteiger partial charge in [0.1, 0.15) is 28.9 Å². The summed E-state index contributed by atoms with van der Waals surface area (Å²) in [6, 6.07) is 7.65. The van der Waals surface area contributed by atoms with Crippen molar-refractivity contribution in [3.05, 3.63) is 58.1 Å². The van der Waals surface area contributed by atoms with E-state index in [2.05, 4.69) is 15.9 Å². The van der Waals surface area contributed by atoms with Gasteiger partial charge in [-0.15, -0.1) is 0 Å². The summed E-state index contributed by atoms with van der Waals surface area (Å²) >= 11 is 3.07.